The summed E-state index contributed by atoms with van der Waals surface area (Å²) >= 11 is 0. The molecule has 2 N–H and O–H groups in total. The molecule has 1 aromatic carbocycles. The third-order valence-electron chi connectivity index (χ3n) is 2.75. The number of unbranched alkanes of at least 4 members (excludes halogenated alkanes) is 2. The summed E-state index contributed by atoms with van der Waals surface area (Å²) in [5.41, 5.74) is 0.722. The lowest BCUT2D eigenvalue weighted by molar-refractivity contribution is 0.0952. The SMILES string of the molecule is CCCCCNC(=O)c1ccc(F)cc1C#CCCO. The number of carbonyl (C=O) groups excluding carboxylic acids is 1. The van der Waals surface area contributed by atoms with Crippen LogP contribution in [-0.4, -0.2) is 24.2 Å². The number of carbonyl (C=O) groups is 1. The van der Waals surface area contributed by atoms with Crippen LogP contribution in [0.3, 0.4) is 0 Å². The number of rotatable bonds is 6. The number of benzene rings is 1. The zero-order valence-electron chi connectivity index (χ0n) is 11.7. The Hall–Kier alpha value is -1.86. The van der Waals surface area contributed by atoms with Crippen LogP contribution >= 0.6 is 0 Å². The average molecular weight is 277 g/mol. The van der Waals surface area contributed by atoms with Gasteiger partial charge in [0, 0.05) is 18.5 Å². The Labute approximate surface area is 119 Å². The minimum atomic E-state index is -0.430. The second-order valence-corrected chi connectivity index (χ2v) is 4.43. The van der Waals surface area contributed by atoms with Crippen molar-refractivity contribution in [3.8, 4) is 11.8 Å². The van der Waals surface area contributed by atoms with Gasteiger partial charge in [0.05, 0.1) is 12.2 Å². The second kappa shape index (κ2) is 9.11. The maximum atomic E-state index is 13.2. The summed E-state index contributed by atoms with van der Waals surface area (Å²) in [6.07, 6.45) is 3.38. The molecule has 0 atom stereocenters. The van der Waals surface area contributed by atoms with Crippen molar-refractivity contribution in [1.82, 2.24) is 5.32 Å². The molecular formula is C16H20FNO2. The van der Waals surface area contributed by atoms with E-state index in [0.717, 1.165) is 19.3 Å². The van der Waals surface area contributed by atoms with Gasteiger partial charge in [0.25, 0.3) is 5.91 Å². The van der Waals surface area contributed by atoms with Crippen molar-refractivity contribution in [3.05, 3.63) is 35.1 Å². The van der Waals surface area contributed by atoms with Gasteiger partial charge in [0.1, 0.15) is 5.82 Å². The molecule has 0 unspecified atom stereocenters. The quantitative estimate of drug-likeness (QED) is 0.620. The van der Waals surface area contributed by atoms with E-state index < -0.39 is 5.82 Å². The normalized spacial score (nSPS) is 9.75. The number of hydrogen-bond donors (Lipinski definition) is 2. The van der Waals surface area contributed by atoms with E-state index in [0.29, 0.717) is 24.1 Å². The van der Waals surface area contributed by atoms with E-state index in [1.54, 1.807) is 0 Å². The molecule has 3 nitrogen and oxygen atoms in total. The smallest absolute Gasteiger partial charge is 0.252 e. The Morgan fingerprint density at radius 3 is 2.90 bits per heavy atom. The largest absolute Gasteiger partial charge is 0.395 e. The lowest BCUT2D eigenvalue weighted by atomic mass is 10.1. The van der Waals surface area contributed by atoms with Crippen LogP contribution in [0.4, 0.5) is 4.39 Å². The molecule has 0 heterocycles. The molecule has 4 heteroatoms. The zero-order valence-corrected chi connectivity index (χ0v) is 11.7. The van der Waals surface area contributed by atoms with E-state index in [1.807, 2.05) is 0 Å². The van der Waals surface area contributed by atoms with E-state index in [-0.39, 0.29) is 12.5 Å². The summed E-state index contributed by atoms with van der Waals surface area (Å²) < 4.78 is 13.2. The van der Waals surface area contributed by atoms with Crippen LogP contribution < -0.4 is 5.32 Å². The molecule has 0 aliphatic heterocycles. The number of aliphatic hydroxyl groups is 1. The van der Waals surface area contributed by atoms with Gasteiger partial charge in [-0.2, -0.15) is 0 Å². The standard InChI is InChI=1S/C16H20FNO2/c1-2-3-5-10-18-16(20)15-9-8-14(17)12-13(15)7-4-6-11-19/h8-9,12,19H,2-3,5-6,10-11H2,1H3,(H,18,20). The molecule has 0 saturated carbocycles. The molecule has 0 aliphatic carbocycles. The van der Waals surface area contributed by atoms with Crippen molar-refractivity contribution in [2.24, 2.45) is 0 Å². The summed E-state index contributed by atoms with van der Waals surface area (Å²) in [5, 5.41) is 11.5. The van der Waals surface area contributed by atoms with Crippen molar-refractivity contribution in [1.29, 1.82) is 0 Å². The Balaban J connectivity index is 2.77. The lowest BCUT2D eigenvalue weighted by Gasteiger charge is -2.07. The average Bonchev–Trinajstić information content (AvgIpc) is 2.44. The first-order valence-corrected chi connectivity index (χ1v) is 6.86. The van der Waals surface area contributed by atoms with E-state index >= 15 is 0 Å². The number of nitrogens with one attached hydrogen (secondary N) is 1. The van der Waals surface area contributed by atoms with Crippen LogP contribution in [0.1, 0.15) is 48.5 Å². The maximum absolute atomic E-state index is 13.2. The van der Waals surface area contributed by atoms with Crippen molar-refractivity contribution in [2.45, 2.75) is 32.6 Å². The molecular weight excluding hydrogens is 257 g/mol. The Morgan fingerprint density at radius 2 is 2.20 bits per heavy atom. The highest BCUT2D eigenvalue weighted by Crippen LogP contribution is 2.10. The van der Waals surface area contributed by atoms with Gasteiger partial charge < -0.3 is 10.4 Å². The molecule has 1 amide bonds. The number of aliphatic hydroxyl groups excluding tert-OH is 1. The van der Waals surface area contributed by atoms with Crippen LogP contribution in [0.5, 0.6) is 0 Å². The molecule has 0 bridgehead atoms. The third-order valence-corrected chi connectivity index (χ3v) is 2.75. The van der Waals surface area contributed by atoms with Crippen molar-refractivity contribution < 1.29 is 14.3 Å². The van der Waals surface area contributed by atoms with Crippen LogP contribution in [0, 0.1) is 17.7 Å². The number of hydrogen-bond acceptors (Lipinski definition) is 2. The zero-order chi connectivity index (χ0) is 14.8. The van der Waals surface area contributed by atoms with Gasteiger partial charge in [-0.25, -0.2) is 4.39 Å². The van der Waals surface area contributed by atoms with Gasteiger partial charge >= 0.3 is 0 Å². The van der Waals surface area contributed by atoms with E-state index in [2.05, 4.69) is 24.1 Å². The van der Waals surface area contributed by atoms with E-state index in [1.165, 1.54) is 18.2 Å². The Bertz CT molecular complexity index is 503. The number of halogens is 1. The van der Waals surface area contributed by atoms with Crippen LogP contribution in [0.15, 0.2) is 18.2 Å². The fourth-order valence-electron chi connectivity index (χ4n) is 1.70. The van der Waals surface area contributed by atoms with Crippen LogP contribution in [0.25, 0.3) is 0 Å². The molecule has 108 valence electrons. The van der Waals surface area contributed by atoms with Gasteiger partial charge in [0.2, 0.25) is 0 Å². The first kappa shape index (κ1) is 16.2. The summed E-state index contributed by atoms with van der Waals surface area (Å²) in [7, 11) is 0. The summed E-state index contributed by atoms with van der Waals surface area (Å²) in [4.78, 5) is 12.0. The van der Waals surface area contributed by atoms with Gasteiger partial charge in [-0.05, 0) is 24.6 Å². The van der Waals surface area contributed by atoms with Gasteiger partial charge in [0.15, 0.2) is 0 Å². The third kappa shape index (κ3) is 5.41. The predicted octanol–water partition coefficient (Wildman–Crippen LogP) is 2.48. The fourth-order valence-corrected chi connectivity index (χ4v) is 1.70. The van der Waals surface area contributed by atoms with Crippen molar-refractivity contribution in [2.75, 3.05) is 13.2 Å². The van der Waals surface area contributed by atoms with Gasteiger partial charge in [-0.15, -0.1) is 0 Å². The van der Waals surface area contributed by atoms with Crippen molar-refractivity contribution in [3.63, 3.8) is 0 Å². The summed E-state index contributed by atoms with van der Waals surface area (Å²) in [5.74, 6) is 4.76. The van der Waals surface area contributed by atoms with Crippen molar-refractivity contribution >= 4 is 5.91 Å². The fraction of sp³-hybridized carbons (Fsp3) is 0.438. The number of amides is 1. The lowest BCUT2D eigenvalue weighted by Crippen LogP contribution is -2.25. The molecule has 1 aromatic rings. The van der Waals surface area contributed by atoms with Gasteiger partial charge in [-0.1, -0.05) is 31.6 Å². The monoisotopic (exact) mass is 277 g/mol. The molecule has 20 heavy (non-hydrogen) atoms. The second-order valence-electron chi connectivity index (χ2n) is 4.43. The summed E-state index contributed by atoms with van der Waals surface area (Å²) in [6, 6.07) is 3.93. The molecule has 0 aromatic heterocycles. The minimum Gasteiger partial charge on any atom is -0.395 e. The predicted molar refractivity (Wildman–Crippen MR) is 76.8 cm³/mol. The maximum Gasteiger partial charge on any atom is 0.252 e. The topological polar surface area (TPSA) is 49.3 Å². The molecule has 0 radical (unpaired) electrons. The molecule has 0 spiro atoms. The highest BCUT2D eigenvalue weighted by atomic mass is 19.1. The summed E-state index contributed by atoms with van der Waals surface area (Å²) in [6.45, 7) is 2.64. The Morgan fingerprint density at radius 1 is 1.40 bits per heavy atom. The molecule has 0 saturated heterocycles. The molecule has 1 rings (SSSR count). The first-order chi connectivity index (χ1) is 9.69. The minimum absolute atomic E-state index is 0.0547. The van der Waals surface area contributed by atoms with Gasteiger partial charge in [-0.3, -0.25) is 4.79 Å². The highest BCUT2D eigenvalue weighted by molar-refractivity contribution is 5.96. The molecule has 0 fully saturated rings. The van der Waals surface area contributed by atoms with E-state index in [4.69, 9.17) is 5.11 Å². The van der Waals surface area contributed by atoms with Crippen LogP contribution in [-0.2, 0) is 0 Å². The first-order valence-electron chi connectivity index (χ1n) is 6.86. The molecule has 0 aliphatic rings. The van der Waals surface area contributed by atoms with Crippen LogP contribution in [0.2, 0.25) is 0 Å². The Kier molecular flexibility index (Phi) is 7.38. The highest BCUT2D eigenvalue weighted by Gasteiger charge is 2.10. The van der Waals surface area contributed by atoms with E-state index in [9.17, 15) is 9.18 Å².